The Balaban J connectivity index is 2.15. The molecule has 0 aromatic rings. The maximum absolute atomic E-state index is 3.56. The molecular formula is C14H25N. The van der Waals surface area contributed by atoms with Crippen LogP contribution in [-0.4, -0.2) is 13.1 Å². The molecule has 86 valence electrons. The Labute approximate surface area is 94.6 Å². The van der Waals surface area contributed by atoms with Crippen molar-refractivity contribution in [3.05, 3.63) is 23.3 Å². The summed E-state index contributed by atoms with van der Waals surface area (Å²) in [7, 11) is 0. The maximum Gasteiger partial charge on any atom is 0.0167 e. The van der Waals surface area contributed by atoms with Crippen LogP contribution in [0.1, 0.15) is 46.5 Å². The highest BCUT2D eigenvalue weighted by molar-refractivity contribution is 5.23. The van der Waals surface area contributed by atoms with Crippen LogP contribution in [0.4, 0.5) is 0 Å². The van der Waals surface area contributed by atoms with Gasteiger partial charge in [-0.15, -0.1) is 0 Å². The lowest BCUT2D eigenvalue weighted by Gasteiger charge is -2.15. The van der Waals surface area contributed by atoms with Crippen LogP contribution in [0.2, 0.25) is 0 Å². The van der Waals surface area contributed by atoms with Crippen LogP contribution in [0.3, 0.4) is 0 Å². The summed E-state index contributed by atoms with van der Waals surface area (Å²) in [5, 5.41) is 3.56. The molecule has 0 saturated carbocycles. The van der Waals surface area contributed by atoms with Crippen molar-refractivity contribution >= 4 is 0 Å². The Morgan fingerprint density at radius 3 is 2.73 bits per heavy atom. The summed E-state index contributed by atoms with van der Waals surface area (Å²) >= 11 is 0. The molecule has 1 heteroatoms. The predicted octanol–water partition coefficient (Wildman–Crippen LogP) is 3.68. The molecule has 1 N–H and O–H groups in total. The van der Waals surface area contributed by atoms with Gasteiger partial charge in [0.05, 0.1) is 0 Å². The molecule has 0 bridgehead atoms. The van der Waals surface area contributed by atoms with Crippen molar-refractivity contribution in [3.63, 3.8) is 0 Å². The Kier molecular flexibility index (Phi) is 5.70. The molecule has 15 heavy (non-hydrogen) atoms. The molecule has 0 spiro atoms. The average molecular weight is 207 g/mol. The number of hydrogen-bond donors (Lipinski definition) is 1. The molecule has 1 aliphatic rings. The fraction of sp³-hybridized carbons (Fsp3) is 0.714. The van der Waals surface area contributed by atoms with Gasteiger partial charge in [0.2, 0.25) is 0 Å². The quantitative estimate of drug-likeness (QED) is 0.700. The van der Waals surface area contributed by atoms with E-state index in [-0.39, 0.29) is 0 Å². The second-order valence-corrected chi connectivity index (χ2v) is 4.86. The van der Waals surface area contributed by atoms with Crippen LogP contribution in [0.5, 0.6) is 0 Å². The van der Waals surface area contributed by atoms with Gasteiger partial charge in [-0.3, -0.25) is 0 Å². The zero-order chi connectivity index (χ0) is 11.1. The van der Waals surface area contributed by atoms with Crippen LogP contribution in [-0.2, 0) is 0 Å². The molecule has 1 rings (SSSR count). The number of hydrogen-bond acceptors (Lipinski definition) is 1. The molecule has 1 unspecified atom stereocenters. The first-order chi connectivity index (χ1) is 7.22. The van der Waals surface area contributed by atoms with Gasteiger partial charge in [-0.1, -0.05) is 43.6 Å². The summed E-state index contributed by atoms with van der Waals surface area (Å²) in [5.41, 5.74) is 3.07. The third-order valence-corrected chi connectivity index (χ3v) is 3.07. The van der Waals surface area contributed by atoms with Gasteiger partial charge in [-0.05, 0) is 38.6 Å². The highest BCUT2D eigenvalue weighted by Gasteiger charge is 2.04. The number of allylic oxidation sites excluding steroid dienone is 3. The minimum Gasteiger partial charge on any atom is -0.313 e. The molecule has 0 aromatic carbocycles. The minimum atomic E-state index is 0.816. The van der Waals surface area contributed by atoms with Crippen molar-refractivity contribution in [1.82, 2.24) is 5.32 Å². The Bertz CT molecular complexity index is 238. The third-order valence-electron chi connectivity index (χ3n) is 3.07. The topological polar surface area (TPSA) is 12.0 Å². The molecule has 1 nitrogen and oxygen atoms in total. The molecule has 1 aliphatic carbocycles. The largest absolute Gasteiger partial charge is 0.313 e. The second kappa shape index (κ2) is 6.84. The van der Waals surface area contributed by atoms with Gasteiger partial charge in [0.25, 0.3) is 0 Å². The van der Waals surface area contributed by atoms with E-state index in [1.807, 2.05) is 0 Å². The lowest BCUT2D eigenvalue weighted by molar-refractivity contribution is 0.484. The maximum atomic E-state index is 3.56. The van der Waals surface area contributed by atoms with E-state index in [0.717, 1.165) is 19.0 Å². The van der Waals surface area contributed by atoms with Crippen LogP contribution < -0.4 is 5.32 Å². The lowest BCUT2D eigenvalue weighted by atomic mass is 9.99. The highest BCUT2D eigenvalue weighted by atomic mass is 14.9. The van der Waals surface area contributed by atoms with Gasteiger partial charge in [-0.25, -0.2) is 0 Å². The zero-order valence-corrected chi connectivity index (χ0v) is 10.5. The monoisotopic (exact) mass is 207 g/mol. The normalized spacial score (nSPS) is 18.3. The van der Waals surface area contributed by atoms with E-state index in [1.165, 1.54) is 31.3 Å². The summed E-state index contributed by atoms with van der Waals surface area (Å²) < 4.78 is 0. The van der Waals surface area contributed by atoms with Gasteiger partial charge in [-0.2, -0.15) is 0 Å². The zero-order valence-electron chi connectivity index (χ0n) is 10.5. The van der Waals surface area contributed by atoms with Crippen molar-refractivity contribution in [2.24, 2.45) is 5.92 Å². The van der Waals surface area contributed by atoms with E-state index in [0.29, 0.717) is 0 Å². The average Bonchev–Trinajstić information content (AvgIpc) is 2.21. The van der Waals surface area contributed by atoms with Crippen molar-refractivity contribution < 1.29 is 0 Å². The van der Waals surface area contributed by atoms with E-state index in [1.54, 1.807) is 5.57 Å². The third kappa shape index (κ3) is 5.17. The van der Waals surface area contributed by atoms with E-state index in [9.17, 15) is 0 Å². The first kappa shape index (κ1) is 12.5. The highest BCUT2D eigenvalue weighted by Crippen LogP contribution is 2.16. The summed E-state index contributed by atoms with van der Waals surface area (Å²) in [6.07, 6.45) is 9.68. The Morgan fingerprint density at radius 1 is 1.33 bits per heavy atom. The second-order valence-electron chi connectivity index (χ2n) is 4.86. The predicted molar refractivity (Wildman–Crippen MR) is 68.0 cm³/mol. The molecule has 0 aliphatic heterocycles. The molecule has 0 saturated heterocycles. The van der Waals surface area contributed by atoms with Crippen molar-refractivity contribution in [2.75, 3.05) is 13.1 Å². The van der Waals surface area contributed by atoms with Crippen LogP contribution in [0.15, 0.2) is 23.3 Å². The van der Waals surface area contributed by atoms with E-state index >= 15 is 0 Å². The molecule has 0 fully saturated rings. The Morgan fingerprint density at radius 2 is 2.13 bits per heavy atom. The van der Waals surface area contributed by atoms with Crippen molar-refractivity contribution in [3.8, 4) is 0 Å². The van der Waals surface area contributed by atoms with Crippen LogP contribution in [0.25, 0.3) is 0 Å². The van der Waals surface area contributed by atoms with Gasteiger partial charge in [0.1, 0.15) is 0 Å². The standard InChI is InChI=1S/C14H25N/c1-4-5-13(3)10-15-11-14-8-6-12(2)7-9-14/h6,8,13,15H,4-5,7,9-11H2,1-3H3. The molecule has 0 heterocycles. The van der Waals surface area contributed by atoms with Crippen LogP contribution in [0, 0.1) is 5.92 Å². The van der Waals surface area contributed by atoms with Gasteiger partial charge in [0.15, 0.2) is 0 Å². The number of rotatable bonds is 6. The van der Waals surface area contributed by atoms with E-state index in [4.69, 9.17) is 0 Å². The molecular weight excluding hydrogens is 182 g/mol. The fourth-order valence-corrected chi connectivity index (χ4v) is 2.01. The molecule has 1 atom stereocenters. The van der Waals surface area contributed by atoms with Crippen molar-refractivity contribution in [2.45, 2.75) is 46.5 Å². The molecule has 0 aromatic heterocycles. The summed E-state index contributed by atoms with van der Waals surface area (Å²) in [6.45, 7) is 9.04. The van der Waals surface area contributed by atoms with Gasteiger partial charge in [0, 0.05) is 6.54 Å². The SMILES string of the molecule is CCCC(C)CNCC1=CC=C(C)CC1. The number of nitrogens with one attached hydrogen (secondary N) is 1. The first-order valence-electron chi connectivity index (χ1n) is 6.28. The summed E-state index contributed by atoms with van der Waals surface area (Å²) in [6, 6.07) is 0. The van der Waals surface area contributed by atoms with Gasteiger partial charge < -0.3 is 5.32 Å². The smallest absolute Gasteiger partial charge is 0.0167 e. The molecule has 0 amide bonds. The van der Waals surface area contributed by atoms with Crippen molar-refractivity contribution in [1.29, 1.82) is 0 Å². The Hall–Kier alpha value is -0.560. The lowest BCUT2D eigenvalue weighted by Crippen LogP contribution is -2.23. The van der Waals surface area contributed by atoms with Gasteiger partial charge >= 0.3 is 0 Å². The summed E-state index contributed by atoms with van der Waals surface area (Å²) in [5.74, 6) is 0.816. The minimum absolute atomic E-state index is 0.816. The van der Waals surface area contributed by atoms with E-state index < -0.39 is 0 Å². The van der Waals surface area contributed by atoms with E-state index in [2.05, 4.69) is 38.2 Å². The summed E-state index contributed by atoms with van der Waals surface area (Å²) in [4.78, 5) is 0. The fourth-order valence-electron chi connectivity index (χ4n) is 2.01. The van der Waals surface area contributed by atoms with Crippen LogP contribution >= 0.6 is 0 Å². The molecule has 0 radical (unpaired) electrons. The first-order valence-corrected chi connectivity index (χ1v) is 6.28.